The summed E-state index contributed by atoms with van der Waals surface area (Å²) in [7, 11) is 1.72. The Labute approximate surface area is 115 Å². The van der Waals surface area contributed by atoms with Crippen molar-refractivity contribution in [1.82, 2.24) is 20.2 Å². The molecule has 0 fully saturated rings. The largest absolute Gasteiger partial charge is 0.327 e. The molecule has 7 heteroatoms. The molecular weight excluding hydrogens is 265 g/mol. The van der Waals surface area contributed by atoms with Crippen LogP contribution in [0.15, 0.2) is 28.3 Å². The summed E-state index contributed by atoms with van der Waals surface area (Å²) in [4.78, 5) is 0.506. The third kappa shape index (κ3) is 3.51. The maximum atomic E-state index is 14.0. The topological polar surface area (TPSA) is 69.6 Å². The van der Waals surface area contributed by atoms with E-state index in [9.17, 15) is 4.39 Å². The van der Waals surface area contributed by atoms with Gasteiger partial charge >= 0.3 is 0 Å². The highest BCUT2D eigenvalue weighted by Gasteiger charge is 2.11. The molecular formula is C12H16FN5S. The predicted molar refractivity (Wildman–Crippen MR) is 71.3 cm³/mol. The summed E-state index contributed by atoms with van der Waals surface area (Å²) in [5.74, 6) is -0.270. The number of nitrogens with zero attached hydrogens (tertiary/aromatic N) is 4. The highest BCUT2D eigenvalue weighted by molar-refractivity contribution is 7.99. The van der Waals surface area contributed by atoms with E-state index in [1.807, 2.05) is 13.0 Å². The second-order valence-electron chi connectivity index (χ2n) is 4.32. The van der Waals surface area contributed by atoms with Crippen molar-refractivity contribution in [2.75, 3.05) is 0 Å². The lowest BCUT2D eigenvalue weighted by Crippen LogP contribution is -2.21. The van der Waals surface area contributed by atoms with Crippen LogP contribution in [0.1, 0.15) is 18.9 Å². The Hall–Kier alpha value is -1.47. The van der Waals surface area contributed by atoms with Crippen LogP contribution in [0.25, 0.3) is 0 Å². The van der Waals surface area contributed by atoms with E-state index in [1.165, 1.54) is 22.5 Å². The summed E-state index contributed by atoms with van der Waals surface area (Å²) < 4.78 is 15.5. The van der Waals surface area contributed by atoms with Crippen LogP contribution in [0, 0.1) is 5.82 Å². The molecule has 0 amide bonds. The molecule has 0 aliphatic rings. The number of halogens is 1. The fraction of sp³-hybridized carbons (Fsp3) is 0.417. The van der Waals surface area contributed by atoms with E-state index in [-0.39, 0.29) is 11.9 Å². The van der Waals surface area contributed by atoms with Crippen molar-refractivity contribution in [3.63, 3.8) is 0 Å². The first-order valence-corrected chi connectivity index (χ1v) is 6.86. The lowest BCUT2D eigenvalue weighted by atomic mass is 10.0. The van der Waals surface area contributed by atoms with Crippen LogP contribution in [0.3, 0.4) is 0 Å². The van der Waals surface area contributed by atoms with Gasteiger partial charge in [-0.25, -0.2) is 9.07 Å². The molecule has 2 rings (SSSR count). The average molecular weight is 281 g/mol. The van der Waals surface area contributed by atoms with E-state index in [0.29, 0.717) is 16.5 Å². The molecule has 0 saturated carbocycles. The number of aryl methyl sites for hydroxylation is 1. The molecule has 1 atom stereocenters. The van der Waals surface area contributed by atoms with E-state index >= 15 is 0 Å². The molecule has 0 radical (unpaired) electrons. The molecule has 1 heterocycles. The fourth-order valence-corrected chi connectivity index (χ4v) is 2.34. The Morgan fingerprint density at radius 3 is 2.84 bits per heavy atom. The van der Waals surface area contributed by atoms with Gasteiger partial charge in [-0.2, -0.15) is 0 Å². The highest BCUT2D eigenvalue weighted by Crippen LogP contribution is 2.28. The van der Waals surface area contributed by atoms with Gasteiger partial charge in [0.25, 0.3) is 0 Å². The van der Waals surface area contributed by atoms with Gasteiger partial charge in [-0.1, -0.05) is 13.0 Å². The van der Waals surface area contributed by atoms with Gasteiger partial charge in [0, 0.05) is 13.1 Å². The van der Waals surface area contributed by atoms with Crippen LogP contribution in [0.4, 0.5) is 4.39 Å². The first kappa shape index (κ1) is 14.0. The van der Waals surface area contributed by atoms with Crippen LogP contribution in [-0.2, 0) is 13.5 Å². The molecule has 1 aromatic heterocycles. The van der Waals surface area contributed by atoms with Gasteiger partial charge in [0.1, 0.15) is 5.82 Å². The third-order valence-corrected chi connectivity index (χ3v) is 3.88. The van der Waals surface area contributed by atoms with E-state index in [4.69, 9.17) is 5.73 Å². The molecule has 5 nitrogen and oxygen atoms in total. The summed E-state index contributed by atoms with van der Waals surface area (Å²) in [6.45, 7) is 2.02. The second-order valence-corrected chi connectivity index (χ2v) is 5.33. The summed E-state index contributed by atoms with van der Waals surface area (Å²) >= 11 is 1.20. The number of hydrogen-bond donors (Lipinski definition) is 1. The minimum absolute atomic E-state index is 0.0702. The van der Waals surface area contributed by atoms with Crippen LogP contribution >= 0.6 is 11.8 Å². The quantitative estimate of drug-likeness (QED) is 0.904. The van der Waals surface area contributed by atoms with Crippen molar-refractivity contribution in [3.05, 3.63) is 29.6 Å². The minimum Gasteiger partial charge on any atom is -0.327 e. The SMILES string of the molecule is CCC(N)Cc1ccc(Sc2nnnn2C)c(F)c1. The van der Waals surface area contributed by atoms with Crippen LogP contribution < -0.4 is 5.73 Å². The van der Waals surface area contributed by atoms with Crippen molar-refractivity contribution >= 4 is 11.8 Å². The first-order chi connectivity index (χ1) is 9.10. The molecule has 0 aliphatic heterocycles. The van der Waals surface area contributed by atoms with Crippen molar-refractivity contribution < 1.29 is 4.39 Å². The Bertz CT molecular complexity index is 557. The van der Waals surface area contributed by atoms with Gasteiger partial charge < -0.3 is 5.73 Å². The molecule has 2 aromatic rings. The molecule has 19 heavy (non-hydrogen) atoms. The zero-order chi connectivity index (χ0) is 13.8. The number of benzene rings is 1. The van der Waals surface area contributed by atoms with Gasteiger partial charge in [0.15, 0.2) is 0 Å². The Kier molecular flexibility index (Phi) is 4.49. The Morgan fingerprint density at radius 1 is 1.47 bits per heavy atom. The summed E-state index contributed by atoms with van der Waals surface area (Å²) in [5.41, 5.74) is 6.77. The maximum Gasteiger partial charge on any atom is 0.213 e. The molecule has 0 saturated heterocycles. The molecule has 102 valence electrons. The van der Waals surface area contributed by atoms with Gasteiger partial charge in [0.05, 0.1) is 4.90 Å². The number of tetrazole rings is 1. The number of hydrogen-bond acceptors (Lipinski definition) is 5. The van der Waals surface area contributed by atoms with E-state index in [0.717, 1.165) is 12.0 Å². The highest BCUT2D eigenvalue weighted by atomic mass is 32.2. The number of aromatic nitrogens is 4. The van der Waals surface area contributed by atoms with E-state index in [2.05, 4.69) is 15.5 Å². The summed E-state index contributed by atoms with van der Waals surface area (Å²) in [6.07, 6.45) is 1.56. The standard InChI is InChI=1S/C12H16FN5S/c1-3-9(14)6-8-4-5-11(10(13)7-8)19-12-15-16-17-18(12)2/h4-5,7,9H,3,6,14H2,1-2H3. The maximum absolute atomic E-state index is 14.0. The van der Waals surface area contributed by atoms with Crippen molar-refractivity contribution in [3.8, 4) is 0 Å². The van der Waals surface area contributed by atoms with E-state index in [1.54, 1.807) is 13.1 Å². The third-order valence-electron chi connectivity index (χ3n) is 2.80. The molecule has 2 N–H and O–H groups in total. The van der Waals surface area contributed by atoms with Crippen molar-refractivity contribution in [2.45, 2.75) is 35.9 Å². The minimum atomic E-state index is -0.270. The predicted octanol–water partition coefficient (Wildman–Crippen LogP) is 1.78. The van der Waals surface area contributed by atoms with Crippen molar-refractivity contribution in [2.24, 2.45) is 12.8 Å². The lowest BCUT2D eigenvalue weighted by Gasteiger charge is -2.09. The van der Waals surface area contributed by atoms with Gasteiger partial charge in [0.2, 0.25) is 5.16 Å². The van der Waals surface area contributed by atoms with Crippen LogP contribution in [0.5, 0.6) is 0 Å². The number of nitrogens with two attached hydrogens (primary N) is 1. The first-order valence-electron chi connectivity index (χ1n) is 6.04. The number of rotatable bonds is 5. The fourth-order valence-electron chi connectivity index (χ4n) is 1.61. The Morgan fingerprint density at radius 2 is 2.26 bits per heavy atom. The van der Waals surface area contributed by atoms with Crippen LogP contribution in [0.2, 0.25) is 0 Å². The van der Waals surface area contributed by atoms with Crippen molar-refractivity contribution in [1.29, 1.82) is 0 Å². The van der Waals surface area contributed by atoms with Crippen LogP contribution in [-0.4, -0.2) is 26.2 Å². The van der Waals surface area contributed by atoms with E-state index < -0.39 is 0 Å². The molecule has 1 unspecified atom stereocenters. The summed E-state index contributed by atoms with van der Waals surface area (Å²) in [6, 6.07) is 5.24. The average Bonchev–Trinajstić information content (AvgIpc) is 2.78. The smallest absolute Gasteiger partial charge is 0.213 e. The molecule has 1 aromatic carbocycles. The zero-order valence-corrected chi connectivity index (χ0v) is 11.7. The lowest BCUT2D eigenvalue weighted by molar-refractivity contribution is 0.591. The molecule has 0 aliphatic carbocycles. The van der Waals surface area contributed by atoms with Gasteiger partial charge in [-0.05, 0) is 52.7 Å². The van der Waals surface area contributed by atoms with Gasteiger partial charge in [-0.3, -0.25) is 0 Å². The Balaban J connectivity index is 2.13. The summed E-state index contributed by atoms with van der Waals surface area (Å²) in [5, 5.41) is 11.6. The zero-order valence-electron chi connectivity index (χ0n) is 10.9. The van der Waals surface area contributed by atoms with Gasteiger partial charge in [-0.15, -0.1) is 5.10 Å². The second kappa shape index (κ2) is 6.12. The molecule has 0 bridgehead atoms. The molecule has 0 spiro atoms. The monoisotopic (exact) mass is 281 g/mol. The normalized spacial score (nSPS) is 12.6.